The molecule has 1 N–H and O–H groups in total. The van der Waals surface area contributed by atoms with Crippen LogP contribution in [0.1, 0.15) is 135 Å². The summed E-state index contributed by atoms with van der Waals surface area (Å²) in [6.07, 6.45) is 25.9. The number of hydrogen-bond acceptors (Lipinski definition) is 25. The third kappa shape index (κ3) is 88.5. The molecule has 0 aromatic rings. The van der Waals surface area contributed by atoms with Crippen LogP contribution in [0.5, 0.6) is 0 Å². The van der Waals surface area contributed by atoms with Crippen molar-refractivity contribution in [2.75, 3.05) is 304 Å². The first-order chi connectivity index (χ1) is 46.3. The first-order valence-corrected chi connectivity index (χ1v) is 35.8. The van der Waals surface area contributed by atoms with Crippen LogP contribution in [0.25, 0.3) is 0 Å². The number of rotatable bonds is 88. The average molecular weight is 1350 g/mol. The molecule has 0 aliphatic rings. The lowest BCUT2D eigenvalue weighted by Crippen LogP contribution is -2.16. The molecule has 0 spiro atoms. The van der Waals surface area contributed by atoms with Gasteiger partial charge in [-0.05, 0) is 6.42 Å². The van der Waals surface area contributed by atoms with Crippen molar-refractivity contribution >= 4 is 5.97 Å². The molecule has 25 nitrogen and oxygen atoms in total. The van der Waals surface area contributed by atoms with Gasteiger partial charge in [-0.2, -0.15) is 0 Å². The number of unbranched alkanes of at least 4 members (excludes halogenated alkanes) is 18. The van der Waals surface area contributed by atoms with E-state index in [0.717, 1.165) is 12.8 Å². The zero-order chi connectivity index (χ0) is 66.5. The van der Waals surface area contributed by atoms with Gasteiger partial charge in [0.2, 0.25) is 0 Å². The zero-order valence-corrected chi connectivity index (χ0v) is 58.4. The van der Waals surface area contributed by atoms with Gasteiger partial charge in [-0.15, -0.1) is 0 Å². The van der Waals surface area contributed by atoms with Gasteiger partial charge in [0, 0.05) is 6.42 Å². The largest absolute Gasteiger partial charge is 0.463 e. The second-order valence-electron chi connectivity index (χ2n) is 21.5. The Kier molecular flexibility index (Phi) is 87.2. The predicted octanol–water partition coefficient (Wildman–Crippen LogP) is 7.71. The molecule has 0 radical (unpaired) electrons. The molecule has 0 unspecified atom stereocenters. The molecule has 0 aromatic carbocycles. The van der Waals surface area contributed by atoms with Crippen LogP contribution in [-0.2, 0) is 114 Å². The highest BCUT2D eigenvalue weighted by Gasteiger charge is 2.05. The normalized spacial score (nSPS) is 11.7. The lowest BCUT2D eigenvalue weighted by atomic mass is 10.0. The monoisotopic (exact) mass is 1350 g/mol. The Morgan fingerprint density at radius 2 is 0.312 bits per heavy atom. The third-order valence-corrected chi connectivity index (χ3v) is 13.5. The molecule has 0 aliphatic carbocycles. The molecule has 0 saturated heterocycles. The maximum absolute atomic E-state index is 12.0. The molecule has 0 amide bonds. The van der Waals surface area contributed by atoms with Crippen LogP contribution >= 0.6 is 0 Å². The molecule has 93 heavy (non-hydrogen) atoms. The Morgan fingerprint density at radius 1 is 0.183 bits per heavy atom. The number of aliphatic hydroxyl groups excluding tert-OH is 1. The maximum Gasteiger partial charge on any atom is 0.305 e. The molecule has 0 aliphatic heterocycles. The van der Waals surface area contributed by atoms with E-state index in [2.05, 4.69) is 6.92 Å². The Hall–Kier alpha value is -1.45. The minimum absolute atomic E-state index is 0.0177. The van der Waals surface area contributed by atoms with E-state index in [1.165, 1.54) is 109 Å². The number of hydrogen-bond donors (Lipinski definition) is 1. The lowest BCUT2D eigenvalue weighted by molar-refractivity contribution is -0.145. The van der Waals surface area contributed by atoms with Gasteiger partial charge in [0.05, 0.1) is 297 Å². The SMILES string of the molecule is CCCCCCCCCCCCCCCCCCCCCC(=O)OCCOCCOCCOCCOCCOCCOCCOCCOCCOCCOCCOCCOCCOCCOCCOCCOCCOCCOCCOCCOCCOCCOCCO. The molecule has 558 valence electrons. The smallest absolute Gasteiger partial charge is 0.305 e. The number of aliphatic hydroxyl groups is 1. The first kappa shape index (κ1) is 91.5. The standard InChI is InChI=1S/C68H136O25/c1-2-3-4-5-6-7-8-9-10-11-12-13-14-15-16-17-18-19-20-21-68(70)93-67-66-92-65-64-91-63-62-90-61-60-89-59-58-88-57-56-87-55-54-86-53-52-85-51-50-84-49-48-83-47-46-82-45-44-81-43-42-80-41-40-79-39-38-78-37-36-77-35-34-76-33-32-75-31-30-74-29-28-73-27-26-72-25-24-71-23-22-69/h69H,2-67H2,1H3. The van der Waals surface area contributed by atoms with Crippen molar-refractivity contribution in [1.82, 2.24) is 0 Å². The molecule has 0 bridgehead atoms. The van der Waals surface area contributed by atoms with E-state index >= 15 is 0 Å². The van der Waals surface area contributed by atoms with Crippen molar-refractivity contribution in [2.45, 2.75) is 135 Å². The van der Waals surface area contributed by atoms with E-state index in [9.17, 15) is 4.79 Å². The summed E-state index contributed by atoms with van der Waals surface area (Å²) in [5.41, 5.74) is 0. The second-order valence-corrected chi connectivity index (χ2v) is 21.5. The summed E-state index contributed by atoms with van der Waals surface area (Å²) in [5, 5.41) is 8.62. The van der Waals surface area contributed by atoms with Gasteiger partial charge in [0.1, 0.15) is 6.61 Å². The van der Waals surface area contributed by atoms with Crippen LogP contribution < -0.4 is 0 Å². The summed E-state index contributed by atoms with van der Waals surface area (Å²) in [4.78, 5) is 12.0. The van der Waals surface area contributed by atoms with Crippen molar-refractivity contribution in [3.63, 3.8) is 0 Å². The Labute approximate surface area is 562 Å². The predicted molar refractivity (Wildman–Crippen MR) is 354 cm³/mol. The fourth-order valence-corrected chi connectivity index (χ4v) is 8.42. The molecular weight excluding hydrogens is 1220 g/mol. The van der Waals surface area contributed by atoms with Crippen molar-refractivity contribution in [1.29, 1.82) is 0 Å². The Bertz CT molecular complexity index is 1320. The molecule has 25 heteroatoms. The summed E-state index contributed by atoms with van der Waals surface area (Å²) in [6.45, 7) is 23.6. The average Bonchev–Trinajstić information content (AvgIpc) is 3.57. The van der Waals surface area contributed by atoms with Crippen molar-refractivity contribution in [3.05, 3.63) is 0 Å². The lowest BCUT2D eigenvalue weighted by Gasteiger charge is -2.09. The van der Waals surface area contributed by atoms with Gasteiger partial charge in [-0.3, -0.25) is 4.79 Å². The number of esters is 1. The van der Waals surface area contributed by atoms with E-state index < -0.39 is 0 Å². The summed E-state index contributed by atoms with van der Waals surface area (Å²) in [7, 11) is 0. The van der Waals surface area contributed by atoms with Crippen molar-refractivity contribution < 1.29 is 119 Å². The van der Waals surface area contributed by atoms with Gasteiger partial charge in [0.25, 0.3) is 0 Å². The zero-order valence-electron chi connectivity index (χ0n) is 58.4. The summed E-state index contributed by atoms with van der Waals surface area (Å²) < 4.78 is 126. The minimum Gasteiger partial charge on any atom is -0.463 e. The maximum atomic E-state index is 12.0. The second kappa shape index (κ2) is 88.6. The molecule has 0 saturated carbocycles. The number of carbonyl (C=O) groups excluding carboxylic acids is 1. The van der Waals surface area contributed by atoms with Crippen LogP contribution in [0.15, 0.2) is 0 Å². The summed E-state index contributed by atoms with van der Waals surface area (Å²) >= 11 is 0. The van der Waals surface area contributed by atoms with Crippen LogP contribution in [0.4, 0.5) is 0 Å². The molecule has 0 fully saturated rings. The summed E-state index contributed by atoms with van der Waals surface area (Å²) in [6, 6.07) is 0. The van der Waals surface area contributed by atoms with E-state index in [0.29, 0.717) is 297 Å². The fraction of sp³-hybridized carbons (Fsp3) is 0.985. The highest BCUT2D eigenvalue weighted by molar-refractivity contribution is 5.69. The van der Waals surface area contributed by atoms with E-state index in [1.54, 1.807) is 0 Å². The molecule has 0 rings (SSSR count). The Morgan fingerprint density at radius 3 is 0.462 bits per heavy atom. The third-order valence-electron chi connectivity index (χ3n) is 13.5. The van der Waals surface area contributed by atoms with Gasteiger partial charge >= 0.3 is 5.97 Å². The molecule has 0 heterocycles. The van der Waals surface area contributed by atoms with E-state index in [1.807, 2.05) is 0 Å². The molecule has 0 aromatic heterocycles. The molecular formula is C68H136O25. The van der Waals surface area contributed by atoms with E-state index in [4.69, 9.17) is 114 Å². The highest BCUT2D eigenvalue weighted by atomic mass is 16.6. The van der Waals surface area contributed by atoms with Gasteiger partial charge in [0.15, 0.2) is 0 Å². The van der Waals surface area contributed by atoms with Crippen LogP contribution in [0.3, 0.4) is 0 Å². The van der Waals surface area contributed by atoms with Gasteiger partial charge < -0.3 is 114 Å². The topological polar surface area (TPSA) is 250 Å². The van der Waals surface area contributed by atoms with Crippen LogP contribution in [0, 0.1) is 0 Å². The van der Waals surface area contributed by atoms with Gasteiger partial charge in [-0.1, -0.05) is 122 Å². The van der Waals surface area contributed by atoms with Crippen molar-refractivity contribution in [2.24, 2.45) is 0 Å². The number of carbonyl (C=O) groups is 1. The highest BCUT2D eigenvalue weighted by Crippen LogP contribution is 2.15. The summed E-state index contributed by atoms with van der Waals surface area (Å²) in [5.74, 6) is -0.135. The van der Waals surface area contributed by atoms with E-state index in [-0.39, 0.29) is 19.2 Å². The minimum atomic E-state index is -0.135. The fourth-order valence-electron chi connectivity index (χ4n) is 8.42. The van der Waals surface area contributed by atoms with Gasteiger partial charge in [-0.25, -0.2) is 0 Å². The first-order valence-electron chi connectivity index (χ1n) is 35.8. The van der Waals surface area contributed by atoms with Crippen LogP contribution in [-0.4, -0.2) is 315 Å². The van der Waals surface area contributed by atoms with Crippen molar-refractivity contribution in [3.8, 4) is 0 Å². The molecule has 0 atom stereocenters. The quantitative estimate of drug-likeness (QED) is 0.0452. The van der Waals surface area contributed by atoms with Crippen LogP contribution in [0.2, 0.25) is 0 Å². The number of ether oxygens (including phenoxy) is 23. The Balaban J connectivity index is 3.12.